The van der Waals surface area contributed by atoms with Gasteiger partial charge in [-0.05, 0) is 35.0 Å². The molecular weight excluding hydrogens is 298 g/mol. The van der Waals surface area contributed by atoms with E-state index in [-0.39, 0.29) is 12.3 Å². The van der Waals surface area contributed by atoms with Gasteiger partial charge in [0.25, 0.3) is 0 Å². The molecule has 4 nitrogen and oxygen atoms in total. The molecule has 0 spiro atoms. The second kappa shape index (κ2) is 4.96. The number of benzene rings is 2. The Kier molecular flexibility index (Phi) is 3.54. The Labute approximate surface area is 112 Å². The normalized spacial score (nSPS) is 12.6. The van der Waals surface area contributed by atoms with Gasteiger partial charge in [-0.1, -0.05) is 22.0 Å². The van der Waals surface area contributed by atoms with Gasteiger partial charge in [-0.25, -0.2) is 0 Å². The second-order valence-electron chi connectivity index (χ2n) is 4.03. The summed E-state index contributed by atoms with van der Waals surface area (Å²) in [5.74, 6) is -1.97. The third kappa shape index (κ3) is 2.32. The van der Waals surface area contributed by atoms with E-state index in [0.717, 1.165) is 15.2 Å². The van der Waals surface area contributed by atoms with E-state index in [1.807, 2.05) is 18.2 Å². The van der Waals surface area contributed by atoms with Crippen LogP contribution in [0.3, 0.4) is 0 Å². The molecular formula is C13H12BrNO3. The third-order valence-electron chi connectivity index (χ3n) is 2.86. The van der Waals surface area contributed by atoms with Gasteiger partial charge in [-0.15, -0.1) is 0 Å². The highest BCUT2D eigenvalue weighted by molar-refractivity contribution is 9.10. The molecule has 2 aromatic carbocycles. The number of nitrogens with two attached hydrogens (primary N) is 1. The molecule has 2 rings (SSSR count). The first-order chi connectivity index (χ1) is 8.52. The first kappa shape index (κ1) is 12.9. The van der Waals surface area contributed by atoms with E-state index in [9.17, 15) is 9.90 Å². The molecule has 0 radical (unpaired) electrons. The number of hydrogen-bond acceptors (Lipinski definition) is 3. The smallest absolute Gasteiger partial charge is 0.312 e. The summed E-state index contributed by atoms with van der Waals surface area (Å²) in [5, 5.41) is 20.7. The second-order valence-corrected chi connectivity index (χ2v) is 4.94. The zero-order chi connectivity index (χ0) is 13.3. The number of aliphatic carboxylic acids is 1. The molecule has 0 heterocycles. The van der Waals surface area contributed by atoms with Crippen LogP contribution in [0.15, 0.2) is 34.8 Å². The van der Waals surface area contributed by atoms with E-state index in [0.29, 0.717) is 5.56 Å². The largest absolute Gasteiger partial charge is 0.508 e. The van der Waals surface area contributed by atoms with Crippen molar-refractivity contribution >= 4 is 32.7 Å². The lowest BCUT2D eigenvalue weighted by molar-refractivity contribution is -0.138. The van der Waals surface area contributed by atoms with E-state index in [1.165, 1.54) is 0 Å². The third-order valence-corrected chi connectivity index (χ3v) is 3.35. The Hall–Kier alpha value is -1.59. The maximum atomic E-state index is 11.1. The first-order valence-electron chi connectivity index (χ1n) is 5.38. The minimum atomic E-state index is -1.04. The number of fused-ring (bicyclic) bond motifs is 1. The zero-order valence-electron chi connectivity index (χ0n) is 9.43. The highest BCUT2D eigenvalue weighted by atomic mass is 79.9. The Bertz CT molecular complexity index is 612. The summed E-state index contributed by atoms with van der Waals surface area (Å²) in [4.78, 5) is 11.1. The number of carboxylic acid groups (broad SMARTS) is 1. The van der Waals surface area contributed by atoms with Gasteiger partial charge in [0.05, 0.1) is 5.92 Å². The first-order valence-corrected chi connectivity index (χ1v) is 6.17. The van der Waals surface area contributed by atoms with Crippen molar-refractivity contribution in [2.45, 2.75) is 5.92 Å². The maximum absolute atomic E-state index is 11.1. The highest BCUT2D eigenvalue weighted by Gasteiger charge is 2.21. The fourth-order valence-electron chi connectivity index (χ4n) is 1.91. The number of hydrogen-bond donors (Lipinski definition) is 3. The number of carboxylic acids is 1. The Balaban J connectivity index is 2.63. The number of halogens is 1. The Morgan fingerprint density at radius 3 is 2.61 bits per heavy atom. The van der Waals surface area contributed by atoms with Crippen LogP contribution in [0.4, 0.5) is 0 Å². The summed E-state index contributed by atoms with van der Waals surface area (Å²) in [7, 11) is 0. The maximum Gasteiger partial charge on any atom is 0.312 e. The highest BCUT2D eigenvalue weighted by Crippen LogP contribution is 2.31. The molecule has 94 valence electrons. The van der Waals surface area contributed by atoms with Gasteiger partial charge in [0, 0.05) is 16.6 Å². The molecule has 5 heteroatoms. The van der Waals surface area contributed by atoms with Crippen molar-refractivity contribution in [2.75, 3.05) is 6.54 Å². The van der Waals surface area contributed by atoms with Crippen LogP contribution in [0.1, 0.15) is 11.5 Å². The standard InChI is InChI=1S/C13H12BrNO3/c14-9-2-1-7-5-12(16)10(4-8(7)3-9)11(6-15)13(17)18/h1-5,11,16H,6,15H2,(H,17,18). The van der Waals surface area contributed by atoms with Gasteiger partial charge in [-0.2, -0.15) is 0 Å². The van der Waals surface area contributed by atoms with Crippen LogP contribution >= 0.6 is 15.9 Å². The number of phenolic OH excluding ortho intramolecular Hbond substituents is 1. The van der Waals surface area contributed by atoms with Crippen LogP contribution in [0.2, 0.25) is 0 Å². The molecule has 0 saturated heterocycles. The predicted molar refractivity (Wildman–Crippen MR) is 72.7 cm³/mol. The van der Waals surface area contributed by atoms with Gasteiger partial charge < -0.3 is 15.9 Å². The van der Waals surface area contributed by atoms with E-state index < -0.39 is 11.9 Å². The topological polar surface area (TPSA) is 83.6 Å². The molecule has 0 aliphatic heterocycles. The van der Waals surface area contributed by atoms with E-state index in [2.05, 4.69) is 15.9 Å². The molecule has 0 saturated carbocycles. The van der Waals surface area contributed by atoms with Crippen LogP contribution in [-0.4, -0.2) is 22.7 Å². The number of aromatic hydroxyl groups is 1. The summed E-state index contributed by atoms with van der Waals surface area (Å²) in [6.07, 6.45) is 0. The monoisotopic (exact) mass is 309 g/mol. The van der Waals surface area contributed by atoms with Crippen molar-refractivity contribution in [3.05, 3.63) is 40.4 Å². The van der Waals surface area contributed by atoms with E-state index in [4.69, 9.17) is 10.8 Å². The van der Waals surface area contributed by atoms with Gasteiger partial charge in [0.2, 0.25) is 0 Å². The van der Waals surface area contributed by atoms with Crippen LogP contribution in [0, 0.1) is 0 Å². The molecule has 0 aromatic heterocycles. The fraction of sp³-hybridized carbons (Fsp3) is 0.154. The lowest BCUT2D eigenvalue weighted by Crippen LogP contribution is -2.21. The van der Waals surface area contributed by atoms with Crippen molar-refractivity contribution in [3.8, 4) is 5.75 Å². The molecule has 0 aliphatic rings. The summed E-state index contributed by atoms with van der Waals surface area (Å²) < 4.78 is 0.895. The molecule has 0 bridgehead atoms. The van der Waals surface area contributed by atoms with Gasteiger partial charge >= 0.3 is 5.97 Å². The van der Waals surface area contributed by atoms with Crippen LogP contribution in [0.25, 0.3) is 10.8 Å². The van der Waals surface area contributed by atoms with Crippen LogP contribution < -0.4 is 5.73 Å². The van der Waals surface area contributed by atoms with Crippen molar-refractivity contribution in [2.24, 2.45) is 5.73 Å². The van der Waals surface area contributed by atoms with Crippen molar-refractivity contribution in [3.63, 3.8) is 0 Å². The lowest BCUT2D eigenvalue weighted by atomic mass is 9.95. The molecule has 0 fully saturated rings. The quantitative estimate of drug-likeness (QED) is 0.813. The lowest BCUT2D eigenvalue weighted by Gasteiger charge is -2.13. The summed E-state index contributed by atoms with van der Waals surface area (Å²) >= 11 is 3.36. The predicted octanol–water partition coefficient (Wildman–Crippen LogP) is 2.43. The average Bonchev–Trinajstić information content (AvgIpc) is 2.31. The minimum absolute atomic E-state index is 0.0392. The van der Waals surface area contributed by atoms with Crippen molar-refractivity contribution in [1.29, 1.82) is 0 Å². The SMILES string of the molecule is NCC(C(=O)O)c1cc2cc(Br)ccc2cc1O. The van der Waals surface area contributed by atoms with E-state index >= 15 is 0 Å². The van der Waals surface area contributed by atoms with E-state index in [1.54, 1.807) is 12.1 Å². The molecule has 0 amide bonds. The fourth-order valence-corrected chi connectivity index (χ4v) is 2.29. The summed E-state index contributed by atoms with van der Waals surface area (Å²) in [6, 6.07) is 8.80. The number of phenols is 1. The molecule has 0 aliphatic carbocycles. The minimum Gasteiger partial charge on any atom is -0.508 e. The van der Waals surface area contributed by atoms with Crippen LogP contribution in [-0.2, 0) is 4.79 Å². The zero-order valence-corrected chi connectivity index (χ0v) is 11.0. The molecule has 1 atom stereocenters. The van der Waals surface area contributed by atoms with Gasteiger partial charge in [0.1, 0.15) is 5.75 Å². The van der Waals surface area contributed by atoms with Crippen molar-refractivity contribution < 1.29 is 15.0 Å². The Morgan fingerprint density at radius 1 is 1.28 bits per heavy atom. The van der Waals surface area contributed by atoms with Gasteiger partial charge in [0.15, 0.2) is 0 Å². The van der Waals surface area contributed by atoms with Crippen molar-refractivity contribution in [1.82, 2.24) is 0 Å². The molecule has 2 aromatic rings. The number of carbonyl (C=O) groups is 1. The van der Waals surface area contributed by atoms with Crippen LogP contribution in [0.5, 0.6) is 5.75 Å². The summed E-state index contributed by atoms with van der Waals surface area (Å²) in [5.41, 5.74) is 5.79. The molecule has 18 heavy (non-hydrogen) atoms. The molecule has 1 unspecified atom stereocenters. The van der Waals surface area contributed by atoms with Gasteiger partial charge in [-0.3, -0.25) is 4.79 Å². The molecule has 4 N–H and O–H groups in total. The Morgan fingerprint density at radius 2 is 2.00 bits per heavy atom. The average molecular weight is 310 g/mol. The summed E-state index contributed by atoms with van der Waals surface area (Å²) in [6.45, 7) is -0.0532. The number of rotatable bonds is 3.